The molecule has 0 aromatic heterocycles. The molecule has 3 aliphatic heterocycles. The third kappa shape index (κ3) is 5.59. The topological polar surface area (TPSA) is 111 Å². The van der Waals surface area contributed by atoms with Crippen LogP contribution < -0.4 is 14.9 Å². The maximum absolute atomic E-state index is 13.9. The number of benzene rings is 3. The predicted molar refractivity (Wildman–Crippen MR) is 160 cm³/mol. The summed E-state index contributed by atoms with van der Waals surface area (Å²) < 4.78 is 34.4. The van der Waals surface area contributed by atoms with Gasteiger partial charge in [-0.3, -0.25) is 19.3 Å². The lowest BCUT2D eigenvalue weighted by Gasteiger charge is -2.34. The van der Waals surface area contributed by atoms with Gasteiger partial charge >= 0.3 is 6.03 Å². The fraction of sp³-hybridized carbons (Fsp3) is 0.355. The van der Waals surface area contributed by atoms with Crippen LogP contribution >= 0.6 is 0 Å². The first kappa shape index (κ1) is 28.2. The van der Waals surface area contributed by atoms with E-state index in [1.54, 1.807) is 41.3 Å². The molecular weight excluding hydrogens is 554 g/mol. The number of morpholine rings is 1. The van der Waals surface area contributed by atoms with Crippen molar-refractivity contribution in [2.45, 2.75) is 36.9 Å². The Morgan fingerprint density at radius 3 is 2.38 bits per heavy atom. The number of urea groups is 1. The number of carbonyl (C=O) groups excluding carboxylic acids is 2. The number of amides is 3. The molecule has 3 amide bonds. The van der Waals surface area contributed by atoms with Crippen molar-refractivity contribution in [1.82, 2.24) is 15.1 Å². The lowest BCUT2D eigenvalue weighted by atomic mass is 10.1. The van der Waals surface area contributed by atoms with Gasteiger partial charge in [-0.15, -0.1) is 0 Å². The fourth-order valence-corrected chi connectivity index (χ4v) is 7.53. The quantitative estimate of drug-likeness (QED) is 0.436. The summed E-state index contributed by atoms with van der Waals surface area (Å²) in [4.78, 5) is 31.6. The van der Waals surface area contributed by atoms with Crippen molar-refractivity contribution in [3.8, 4) is 0 Å². The minimum absolute atomic E-state index is 0.0917. The summed E-state index contributed by atoms with van der Waals surface area (Å²) in [5.41, 5.74) is 4.16. The summed E-state index contributed by atoms with van der Waals surface area (Å²) in [5.74, 6) is -0.654. The third-order valence-electron chi connectivity index (χ3n) is 8.19. The van der Waals surface area contributed by atoms with E-state index >= 15 is 0 Å². The minimum Gasteiger partial charge on any atom is -0.379 e. The molecule has 220 valence electrons. The Morgan fingerprint density at radius 1 is 0.952 bits per heavy atom. The average Bonchev–Trinajstić information content (AvgIpc) is 3.60. The highest BCUT2D eigenvalue weighted by Crippen LogP contribution is 2.37. The highest BCUT2D eigenvalue weighted by molar-refractivity contribution is 7.93. The van der Waals surface area contributed by atoms with Crippen LogP contribution in [0.1, 0.15) is 16.7 Å². The van der Waals surface area contributed by atoms with Crippen LogP contribution in [0, 0.1) is 6.92 Å². The van der Waals surface area contributed by atoms with Gasteiger partial charge in [-0.1, -0.05) is 54.1 Å². The number of rotatable bonds is 7. The molecular formula is C31H35N5O5S. The number of fused-ring (bicyclic) bond motifs is 2. The van der Waals surface area contributed by atoms with Crippen molar-refractivity contribution in [2.75, 3.05) is 49.0 Å². The SMILES string of the molecule is Cc1ccc(S(=O)(=O)N2c3ccccc3CC2C(=O)NC(=O)N(CCN2CCOCC2)C2Cc3ccccc3N2)cc1. The van der Waals surface area contributed by atoms with Gasteiger partial charge in [0.15, 0.2) is 0 Å². The van der Waals surface area contributed by atoms with Crippen LogP contribution in [0.15, 0.2) is 77.7 Å². The Balaban J connectivity index is 1.24. The summed E-state index contributed by atoms with van der Waals surface area (Å²) >= 11 is 0. The molecule has 0 bridgehead atoms. The second kappa shape index (κ2) is 11.7. The van der Waals surface area contributed by atoms with Gasteiger partial charge < -0.3 is 15.0 Å². The molecule has 42 heavy (non-hydrogen) atoms. The summed E-state index contributed by atoms with van der Waals surface area (Å²) in [5, 5.41) is 5.99. The normalized spacial score (nSPS) is 20.0. The second-order valence-corrected chi connectivity index (χ2v) is 12.7. The standard InChI is InChI=1S/C31H35N5O5S/c1-22-10-12-25(13-11-22)42(39,40)36-27-9-5-3-7-24(27)20-28(36)30(37)33-31(38)35(15-14-34-16-18-41-19-17-34)29-21-23-6-2-4-8-26(23)32-29/h2-13,28-29,32H,14-21H2,1H3,(H,33,37,38). The van der Waals surface area contributed by atoms with Crippen molar-refractivity contribution in [1.29, 1.82) is 0 Å². The summed E-state index contributed by atoms with van der Waals surface area (Å²) in [7, 11) is -4.08. The van der Waals surface area contributed by atoms with Crippen LogP contribution in [0.4, 0.5) is 16.2 Å². The molecule has 3 aliphatic rings. The molecule has 10 nitrogen and oxygen atoms in total. The molecule has 6 rings (SSSR count). The first-order valence-corrected chi connectivity index (χ1v) is 15.7. The highest BCUT2D eigenvalue weighted by atomic mass is 32.2. The fourth-order valence-electron chi connectivity index (χ4n) is 5.88. The van der Waals surface area contributed by atoms with E-state index < -0.39 is 28.0 Å². The number of hydrogen-bond acceptors (Lipinski definition) is 7. The van der Waals surface area contributed by atoms with E-state index in [1.807, 2.05) is 43.3 Å². The largest absolute Gasteiger partial charge is 0.379 e. The van der Waals surface area contributed by atoms with Crippen LogP contribution in [0.25, 0.3) is 0 Å². The Hall–Kier alpha value is -3.93. The minimum atomic E-state index is -4.08. The molecule has 2 unspecified atom stereocenters. The molecule has 0 saturated carbocycles. The van der Waals surface area contributed by atoms with Gasteiger partial charge in [-0.2, -0.15) is 0 Å². The van der Waals surface area contributed by atoms with E-state index in [1.165, 1.54) is 0 Å². The monoisotopic (exact) mass is 589 g/mol. The molecule has 0 spiro atoms. The zero-order valence-corrected chi connectivity index (χ0v) is 24.3. The zero-order valence-electron chi connectivity index (χ0n) is 23.5. The zero-order chi connectivity index (χ0) is 29.3. The number of sulfonamides is 1. The van der Waals surface area contributed by atoms with Crippen molar-refractivity contribution < 1.29 is 22.7 Å². The van der Waals surface area contributed by atoms with Gasteiger partial charge in [-0.05, 0) is 42.3 Å². The maximum atomic E-state index is 13.9. The number of nitrogens with zero attached hydrogens (tertiary/aromatic N) is 3. The van der Waals surface area contributed by atoms with E-state index in [-0.39, 0.29) is 17.5 Å². The first-order chi connectivity index (χ1) is 20.3. The van der Waals surface area contributed by atoms with Crippen LogP contribution in [-0.2, 0) is 32.4 Å². The van der Waals surface area contributed by atoms with Crippen LogP contribution in [0.2, 0.25) is 0 Å². The summed E-state index contributed by atoms with van der Waals surface area (Å²) in [6, 6.07) is 19.9. The number of aryl methyl sites for hydroxylation is 1. The van der Waals surface area contributed by atoms with E-state index in [2.05, 4.69) is 15.5 Å². The van der Waals surface area contributed by atoms with Crippen LogP contribution in [0.3, 0.4) is 0 Å². The molecule has 3 aromatic carbocycles. The van der Waals surface area contributed by atoms with Crippen LogP contribution in [-0.4, -0.2) is 81.8 Å². The van der Waals surface area contributed by atoms with Gasteiger partial charge in [0.1, 0.15) is 12.2 Å². The van der Waals surface area contributed by atoms with Crippen molar-refractivity contribution in [2.24, 2.45) is 0 Å². The van der Waals surface area contributed by atoms with Crippen molar-refractivity contribution >= 4 is 33.3 Å². The molecule has 11 heteroatoms. The molecule has 1 fully saturated rings. The number of imide groups is 1. The van der Waals surface area contributed by atoms with E-state index in [0.29, 0.717) is 38.4 Å². The Morgan fingerprint density at radius 2 is 1.64 bits per heavy atom. The molecule has 2 atom stereocenters. The van der Waals surface area contributed by atoms with Gasteiger partial charge in [0, 0.05) is 44.7 Å². The van der Waals surface area contributed by atoms with Gasteiger partial charge in [0.2, 0.25) is 0 Å². The number of hydrogen-bond donors (Lipinski definition) is 2. The number of carbonyl (C=O) groups is 2. The Kier molecular flexibility index (Phi) is 7.89. The number of anilines is 2. The lowest BCUT2D eigenvalue weighted by Crippen LogP contribution is -2.56. The summed E-state index contributed by atoms with van der Waals surface area (Å²) in [6.45, 7) is 5.74. The molecule has 2 N–H and O–H groups in total. The summed E-state index contributed by atoms with van der Waals surface area (Å²) in [6.07, 6.45) is 0.426. The van der Waals surface area contributed by atoms with Gasteiger partial charge in [0.05, 0.1) is 23.8 Å². The van der Waals surface area contributed by atoms with Gasteiger partial charge in [0.25, 0.3) is 15.9 Å². The Bertz CT molecular complexity index is 1550. The van der Waals surface area contributed by atoms with Crippen molar-refractivity contribution in [3.63, 3.8) is 0 Å². The molecule has 1 saturated heterocycles. The third-order valence-corrected chi connectivity index (χ3v) is 10.0. The number of para-hydroxylation sites is 2. The maximum Gasteiger partial charge on any atom is 0.325 e. The van der Waals surface area contributed by atoms with Gasteiger partial charge in [-0.25, -0.2) is 13.2 Å². The van der Waals surface area contributed by atoms with E-state index in [0.717, 1.165) is 39.8 Å². The number of nitrogens with one attached hydrogen (secondary N) is 2. The number of ether oxygens (including phenoxy) is 1. The predicted octanol–water partition coefficient (Wildman–Crippen LogP) is 2.98. The molecule has 3 aromatic rings. The highest BCUT2D eigenvalue weighted by Gasteiger charge is 2.43. The second-order valence-electron chi connectivity index (χ2n) is 10.9. The smallest absolute Gasteiger partial charge is 0.325 e. The molecule has 0 radical (unpaired) electrons. The molecule has 3 heterocycles. The van der Waals surface area contributed by atoms with Crippen LogP contribution in [0.5, 0.6) is 0 Å². The average molecular weight is 590 g/mol. The van der Waals surface area contributed by atoms with Crippen molar-refractivity contribution in [3.05, 3.63) is 89.5 Å². The van der Waals surface area contributed by atoms with E-state index in [4.69, 9.17) is 4.74 Å². The first-order valence-electron chi connectivity index (χ1n) is 14.3. The van der Waals surface area contributed by atoms with E-state index in [9.17, 15) is 18.0 Å². The lowest BCUT2D eigenvalue weighted by molar-refractivity contribution is -0.121. The molecule has 0 aliphatic carbocycles. The Labute approximate surface area is 246 Å².